The zero-order chi connectivity index (χ0) is 13.7. The molecule has 0 aromatic heterocycles. The van der Waals surface area contributed by atoms with Crippen LogP contribution in [0.15, 0.2) is 18.2 Å². The molecule has 2 atom stereocenters. The lowest BCUT2D eigenvalue weighted by Gasteiger charge is -2.32. The second-order valence-corrected chi connectivity index (χ2v) is 4.97. The largest absolute Gasteiger partial charge is 0.376 e. The van der Waals surface area contributed by atoms with Gasteiger partial charge in [-0.25, -0.2) is 8.78 Å². The minimum Gasteiger partial charge on any atom is -0.376 e. The molecule has 4 heteroatoms. The summed E-state index contributed by atoms with van der Waals surface area (Å²) in [5, 5.41) is 3.23. The van der Waals surface area contributed by atoms with Gasteiger partial charge in [-0.05, 0) is 44.4 Å². The first kappa shape index (κ1) is 14.4. The van der Waals surface area contributed by atoms with E-state index < -0.39 is 17.7 Å². The highest BCUT2D eigenvalue weighted by Gasteiger charge is 2.29. The van der Waals surface area contributed by atoms with Crippen molar-refractivity contribution in [2.45, 2.75) is 44.8 Å². The van der Waals surface area contributed by atoms with E-state index in [9.17, 15) is 8.78 Å². The Morgan fingerprint density at radius 2 is 2.05 bits per heavy atom. The molecule has 1 aromatic rings. The SMILES string of the molecule is CCCNC(c1c(F)cccc1F)C1CCCCO1. The van der Waals surface area contributed by atoms with Crippen LogP contribution in [0.5, 0.6) is 0 Å². The molecule has 106 valence electrons. The van der Waals surface area contributed by atoms with Gasteiger partial charge in [0, 0.05) is 12.2 Å². The topological polar surface area (TPSA) is 21.3 Å². The van der Waals surface area contributed by atoms with E-state index >= 15 is 0 Å². The van der Waals surface area contributed by atoms with Crippen molar-refractivity contribution < 1.29 is 13.5 Å². The molecule has 1 saturated heterocycles. The fraction of sp³-hybridized carbons (Fsp3) is 0.600. The van der Waals surface area contributed by atoms with Crippen molar-refractivity contribution >= 4 is 0 Å². The van der Waals surface area contributed by atoms with E-state index in [1.165, 1.54) is 18.2 Å². The maximum absolute atomic E-state index is 13.9. The van der Waals surface area contributed by atoms with Crippen LogP contribution in [0.3, 0.4) is 0 Å². The average Bonchev–Trinajstić information content (AvgIpc) is 2.43. The van der Waals surface area contributed by atoms with Gasteiger partial charge >= 0.3 is 0 Å². The third-order valence-electron chi connectivity index (χ3n) is 3.51. The highest BCUT2D eigenvalue weighted by molar-refractivity contribution is 5.24. The van der Waals surface area contributed by atoms with Gasteiger partial charge in [0.25, 0.3) is 0 Å². The van der Waals surface area contributed by atoms with E-state index in [1.54, 1.807) is 0 Å². The summed E-state index contributed by atoms with van der Waals surface area (Å²) in [7, 11) is 0. The van der Waals surface area contributed by atoms with Crippen molar-refractivity contribution in [3.8, 4) is 0 Å². The lowest BCUT2D eigenvalue weighted by molar-refractivity contribution is -0.00962. The number of halogens is 2. The number of ether oxygens (including phenoxy) is 1. The molecule has 1 aromatic carbocycles. The van der Waals surface area contributed by atoms with E-state index in [-0.39, 0.29) is 11.7 Å². The summed E-state index contributed by atoms with van der Waals surface area (Å²) in [5.74, 6) is -0.995. The van der Waals surface area contributed by atoms with Crippen LogP contribution in [0.25, 0.3) is 0 Å². The van der Waals surface area contributed by atoms with Crippen LogP contribution < -0.4 is 5.32 Å². The van der Waals surface area contributed by atoms with Crippen molar-refractivity contribution in [3.63, 3.8) is 0 Å². The standard InChI is InChI=1S/C15H21F2NO/c1-2-9-18-15(13-8-3-4-10-19-13)14-11(16)6-5-7-12(14)17/h5-7,13,15,18H,2-4,8-10H2,1H3. The molecule has 2 nitrogen and oxygen atoms in total. The van der Waals surface area contributed by atoms with E-state index in [0.717, 1.165) is 32.2 Å². The summed E-state index contributed by atoms with van der Waals surface area (Å²) in [4.78, 5) is 0. The summed E-state index contributed by atoms with van der Waals surface area (Å²) in [6.07, 6.45) is 3.68. The number of rotatable bonds is 5. The minimum atomic E-state index is -0.497. The third kappa shape index (κ3) is 3.51. The Labute approximate surface area is 113 Å². The summed E-state index contributed by atoms with van der Waals surface area (Å²) < 4.78 is 33.6. The average molecular weight is 269 g/mol. The van der Waals surface area contributed by atoms with Gasteiger partial charge in [-0.15, -0.1) is 0 Å². The van der Waals surface area contributed by atoms with Gasteiger partial charge in [0.2, 0.25) is 0 Å². The van der Waals surface area contributed by atoms with Gasteiger partial charge in [0.1, 0.15) is 11.6 Å². The van der Waals surface area contributed by atoms with E-state index in [2.05, 4.69) is 5.32 Å². The molecule has 0 bridgehead atoms. The van der Waals surface area contributed by atoms with Crippen LogP contribution in [0.2, 0.25) is 0 Å². The number of benzene rings is 1. The van der Waals surface area contributed by atoms with Gasteiger partial charge in [-0.2, -0.15) is 0 Å². The summed E-state index contributed by atoms with van der Waals surface area (Å²) in [6.45, 7) is 3.42. The lowest BCUT2D eigenvalue weighted by atomic mass is 9.94. The summed E-state index contributed by atoms with van der Waals surface area (Å²) in [6, 6.07) is 3.61. The minimum absolute atomic E-state index is 0.114. The van der Waals surface area contributed by atoms with Gasteiger partial charge < -0.3 is 10.1 Å². The smallest absolute Gasteiger partial charge is 0.131 e. The molecule has 1 aliphatic heterocycles. The molecule has 0 radical (unpaired) electrons. The molecule has 0 aliphatic carbocycles. The quantitative estimate of drug-likeness (QED) is 0.882. The highest BCUT2D eigenvalue weighted by atomic mass is 19.1. The Morgan fingerprint density at radius 3 is 2.63 bits per heavy atom. The normalized spacial score (nSPS) is 21.3. The molecule has 1 aliphatic rings. The Bertz CT molecular complexity index is 385. The number of nitrogens with one attached hydrogen (secondary N) is 1. The predicted octanol–water partition coefficient (Wildman–Crippen LogP) is 3.57. The van der Waals surface area contributed by atoms with Crippen LogP contribution in [0.4, 0.5) is 8.78 Å². The van der Waals surface area contributed by atoms with Crippen LogP contribution in [-0.4, -0.2) is 19.3 Å². The Balaban J connectivity index is 2.25. The van der Waals surface area contributed by atoms with Crippen LogP contribution in [0.1, 0.15) is 44.2 Å². The highest BCUT2D eigenvalue weighted by Crippen LogP contribution is 2.29. The number of hydrogen-bond donors (Lipinski definition) is 1. The van der Waals surface area contributed by atoms with Gasteiger partial charge in [0.15, 0.2) is 0 Å². The fourth-order valence-corrected chi connectivity index (χ4v) is 2.56. The third-order valence-corrected chi connectivity index (χ3v) is 3.51. The van der Waals surface area contributed by atoms with Crippen molar-refractivity contribution in [2.75, 3.05) is 13.2 Å². The van der Waals surface area contributed by atoms with Crippen LogP contribution >= 0.6 is 0 Å². The molecule has 1 N–H and O–H groups in total. The Kier molecular flexibility index (Phi) is 5.28. The molecule has 0 amide bonds. The second-order valence-electron chi connectivity index (χ2n) is 4.97. The Morgan fingerprint density at radius 1 is 1.32 bits per heavy atom. The summed E-state index contributed by atoms with van der Waals surface area (Å²) in [5.41, 5.74) is 0.114. The molecule has 1 heterocycles. The van der Waals surface area contributed by atoms with Crippen molar-refractivity contribution in [2.24, 2.45) is 0 Å². The lowest BCUT2D eigenvalue weighted by Crippen LogP contribution is -2.37. The fourth-order valence-electron chi connectivity index (χ4n) is 2.56. The second kappa shape index (κ2) is 6.96. The van der Waals surface area contributed by atoms with Crippen LogP contribution in [0, 0.1) is 11.6 Å². The molecule has 19 heavy (non-hydrogen) atoms. The zero-order valence-corrected chi connectivity index (χ0v) is 11.3. The first-order chi connectivity index (χ1) is 9.24. The van der Waals surface area contributed by atoms with E-state index in [0.29, 0.717) is 6.61 Å². The van der Waals surface area contributed by atoms with Gasteiger partial charge in [-0.3, -0.25) is 0 Å². The maximum Gasteiger partial charge on any atom is 0.131 e. The Hall–Kier alpha value is -1.00. The zero-order valence-electron chi connectivity index (χ0n) is 11.3. The molecule has 0 spiro atoms. The molecule has 1 fully saturated rings. The maximum atomic E-state index is 13.9. The number of hydrogen-bond acceptors (Lipinski definition) is 2. The first-order valence-electron chi connectivity index (χ1n) is 7.03. The monoisotopic (exact) mass is 269 g/mol. The summed E-state index contributed by atoms with van der Waals surface area (Å²) >= 11 is 0. The molecule has 2 unspecified atom stereocenters. The van der Waals surface area contributed by atoms with Crippen molar-refractivity contribution in [1.82, 2.24) is 5.32 Å². The van der Waals surface area contributed by atoms with Crippen molar-refractivity contribution in [1.29, 1.82) is 0 Å². The van der Waals surface area contributed by atoms with E-state index in [4.69, 9.17) is 4.74 Å². The van der Waals surface area contributed by atoms with E-state index in [1.807, 2.05) is 6.92 Å². The predicted molar refractivity (Wildman–Crippen MR) is 71.0 cm³/mol. The van der Waals surface area contributed by atoms with Gasteiger partial charge in [-0.1, -0.05) is 13.0 Å². The molecular weight excluding hydrogens is 248 g/mol. The molecular formula is C15H21F2NO. The first-order valence-corrected chi connectivity index (χ1v) is 7.03. The molecule has 2 rings (SSSR count). The van der Waals surface area contributed by atoms with Crippen LogP contribution in [-0.2, 0) is 4.74 Å². The van der Waals surface area contributed by atoms with Gasteiger partial charge in [0.05, 0.1) is 12.1 Å². The molecule has 0 saturated carbocycles. The van der Waals surface area contributed by atoms with Crippen molar-refractivity contribution in [3.05, 3.63) is 35.4 Å².